The van der Waals surface area contributed by atoms with Crippen molar-refractivity contribution in [2.75, 3.05) is 18.2 Å². The average molecular weight is 505 g/mol. The minimum absolute atomic E-state index is 0.170. The highest BCUT2D eigenvalue weighted by molar-refractivity contribution is 7.99. The number of methoxy groups -OCH3 is 1. The van der Waals surface area contributed by atoms with E-state index < -0.39 is 0 Å². The predicted molar refractivity (Wildman–Crippen MR) is 135 cm³/mol. The second-order valence-electron chi connectivity index (χ2n) is 7.85. The normalized spacial score (nSPS) is 13.1. The van der Waals surface area contributed by atoms with Crippen molar-refractivity contribution in [2.24, 2.45) is 0 Å². The van der Waals surface area contributed by atoms with Crippen LogP contribution >= 0.6 is 34.4 Å². The van der Waals surface area contributed by atoms with Crippen molar-refractivity contribution >= 4 is 51.3 Å². The molecule has 3 heterocycles. The van der Waals surface area contributed by atoms with Gasteiger partial charge in [0.2, 0.25) is 5.91 Å². The number of nitrogens with zero attached hydrogens (tertiary/aromatic N) is 3. The molecule has 10 heteroatoms. The van der Waals surface area contributed by atoms with Crippen LogP contribution in [-0.4, -0.2) is 39.5 Å². The monoisotopic (exact) mass is 504 g/mol. The van der Waals surface area contributed by atoms with Crippen LogP contribution in [0.2, 0.25) is 0 Å². The van der Waals surface area contributed by atoms with Gasteiger partial charge in [0.15, 0.2) is 11.0 Å². The van der Waals surface area contributed by atoms with Gasteiger partial charge in [-0.15, -0.1) is 32.9 Å². The van der Waals surface area contributed by atoms with Gasteiger partial charge in [-0.1, -0.05) is 25.1 Å². The molecule has 0 spiro atoms. The van der Waals surface area contributed by atoms with Crippen LogP contribution < -0.4 is 5.32 Å². The molecule has 0 unspecified atom stereocenters. The molecule has 0 aromatic carbocycles. The predicted octanol–water partition coefficient (Wildman–Crippen LogP) is 5.44. The number of hydrogen-bond acceptors (Lipinski definition) is 8. The molecule has 1 amide bonds. The van der Waals surface area contributed by atoms with Crippen LogP contribution in [0.5, 0.6) is 0 Å². The Morgan fingerprint density at radius 1 is 1.24 bits per heavy atom. The first kappa shape index (κ1) is 24.0. The minimum Gasteiger partial charge on any atom is -0.465 e. The molecule has 1 aliphatic carbocycles. The Morgan fingerprint density at radius 3 is 2.82 bits per heavy atom. The number of hydrogen-bond donors (Lipinski definition) is 1. The first-order chi connectivity index (χ1) is 16.0. The summed E-state index contributed by atoms with van der Waals surface area (Å²) in [6.07, 6.45) is 6.13. The lowest BCUT2D eigenvalue weighted by Gasteiger charge is -2.11. The highest BCUT2D eigenvalue weighted by Gasteiger charge is 2.27. The number of thiophene rings is 2. The van der Waals surface area contributed by atoms with Crippen molar-refractivity contribution in [1.82, 2.24) is 14.8 Å². The summed E-state index contributed by atoms with van der Waals surface area (Å²) in [5, 5.41) is 15.1. The third-order valence-electron chi connectivity index (χ3n) is 5.59. The molecule has 0 bridgehead atoms. The molecule has 0 radical (unpaired) electrons. The summed E-state index contributed by atoms with van der Waals surface area (Å²) in [5.41, 5.74) is 2.63. The molecule has 176 valence electrons. The van der Waals surface area contributed by atoms with Crippen LogP contribution in [0.4, 0.5) is 5.00 Å². The number of carbonyl (C=O) groups is 2. The van der Waals surface area contributed by atoms with Gasteiger partial charge >= 0.3 is 5.97 Å². The Kier molecular flexibility index (Phi) is 7.87. The number of nitrogens with one attached hydrogen (secondary N) is 1. The zero-order chi connectivity index (χ0) is 23.4. The van der Waals surface area contributed by atoms with Crippen molar-refractivity contribution in [1.29, 1.82) is 0 Å². The number of carbonyl (C=O) groups excluding carboxylic acids is 2. The van der Waals surface area contributed by atoms with Crippen LogP contribution in [0, 0.1) is 0 Å². The van der Waals surface area contributed by atoms with E-state index in [4.69, 9.17) is 4.74 Å². The molecule has 7 nitrogen and oxygen atoms in total. The Balaban J connectivity index is 1.46. The lowest BCUT2D eigenvalue weighted by atomic mass is 9.95. The quantitative estimate of drug-likeness (QED) is 0.309. The van der Waals surface area contributed by atoms with Crippen molar-refractivity contribution < 1.29 is 14.3 Å². The number of aromatic nitrogens is 3. The summed E-state index contributed by atoms with van der Waals surface area (Å²) in [4.78, 5) is 27.7. The van der Waals surface area contributed by atoms with Crippen molar-refractivity contribution in [2.45, 2.75) is 64.1 Å². The van der Waals surface area contributed by atoms with E-state index in [1.807, 2.05) is 4.57 Å². The highest BCUT2D eigenvalue weighted by Crippen LogP contribution is 2.38. The average Bonchev–Trinajstić information content (AvgIpc) is 3.53. The number of anilines is 1. The number of fused-ring (bicyclic) bond motifs is 1. The van der Waals surface area contributed by atoms with Gasteiger partial charge < -0.3 is 14.6 Å². The van der Waals surface area contributed by atoms with Gasteiger partial charge in [-0.3, -0.25) is 4.79 Å². The van der Waals surface area contributed by atoms with Crippen molar-refractivity contribution in [3.63, 3.8) is 0 Å². The van der Waals surface area contributed by atoms with E-state index in [1.54, 1.807) is 11.3 Å². The maximum atomic E-state index is 12.8. The van der Waals surface area contributed by atoms with Gasteiger partial charge in [0, 0.05) is 27.2 Å². The minimum atomic E-state index is -0.383. The van der Waals surface area contributed by atoms with E-state index in [0.717, 1.165) is 62.0 Å². The fourth-order valence-electron chi connectivity index (χ4n) is 4.03. The second kappa shape index (κ2) is 10.8. The standard InChI is InChI=1S/C23H28N4O3S3/c1-4-8-15-11-14(12-31-15)20-25-26-23(27(20)5-2)32-13-18(28)24-21-19(22(29)30-3)16-9-6-7-10-17(16)33-21/h11-12H,4-10,13H2,1-3H3,(H,24,28). The number of esters is 1. The number of ether oxygens (including phenoxy) is 1. The molecule has 3 aromatic rings. The lowest BCUT2D eigenvalue weighted by molar-refractivity contribution is -0.113. The molecule has 1 aliphatic rings. The second-order valence-corrected chi connectivity index (χ2v) is 10.9. The number of rotatable bonds is 9. The van der Waals surface area contributed by atoms with Gasteiger partial charge in [-0.25, -0.2) is 4.79 Å². The molecular formula is C23H28N4O3S3. The summed E-state index contributed by atoms with van der Waals surface area (Å²) >= 11 is 4.60. The largest absolute Gasteiger partial charge is 0.465 e. The highest BCUT2D eigenvalue weighted by atomic mass is 32.2. The maximum Gasteiger partial charge on any atom is 0.341 e. The fraction of sp³-hybridized carbons (Fsp3) is 0.478. The van der Waals surface area contributed by atoms with Gasteiger partial charge in [0.25, 0.3) is 0 Å². The first-order valence-electron chi connectivity index (χ1n) is 11.2. The summed E-state index contributed by atoms with van der Waals surface area (Å²) in [6.45, 7) is 4.94. The number of amides is 1. The number of thioether (sulfide) groups is 1. The van der Waals surface area contributed by atoms with E-state index in [2.05, 4.69) is 40.8 Å². The van der Waals surface area contributed by atoms with Crippen molar-refractivity contribution in [3.8, 4) is 11.4 Å². The Morgan fingerprint density at radius 2 is 2.06 bits per heavy atom. The van der Waals surface area contributed by atoms with Crippen LogP contribution in [0.15, 0.2) is 16.6 Å². The third kappa shape index (κ3) is 5.17. The molecular weight excluding hydrogens is 476 g/mol. The Labute approximate surface area is 206 Å². The van der Waals surface area contributed by atoms with E-state index in [1.165, 1.54) is 40.0 Å². The Hall–Kier alpha value is -2.17. The van der Waals surface area contributed by atoms with E-state index >= 15 is 0 Å². The summed E-state index contributed by atoms with van der Waals surface area (Å²) in [6, 6.07) is 2.18. The summed E-state index contributed by atoms with van der Waals surface area (Å²) < 4.78 is 7.04. The topological polar surface area (TPSA) is 86.1 Å². The van der Waals surface area contributed by atoms with Gasteiger partial charge in [-0.05, 0) is 50.7 Å². The van der Waals surface area contributed by atoms with Gasteiger partial charge in [0.1, 0.15) is 5.00 Å². The van der Waals surface area contributed by atoms with Crippen LogP contribution in [0.25, 0.3) is 11.4 Å². The molecule has 3 aromatic heterocycles. The maximum absolute atomic E-state index is 12.8. The molecule has 33 heavy (non-hydrogen) atoms. The SMILES string of the molecule is CCCc1cc(-c2nnc(SCC(=O)Nc3sc4c(c3C(=O)OC)CCCC4)n2CC)cs1. The van der Waals surface area contributed by atoms with Gasteiger partial charge in [-0.2, -0.15) is 0 Å². The van der Waals surface area contributed by atoms with Crippen molar-refractivity contribution in [3.05, 3.63) is 32.3 Å². The summed E-state index contributed by atoms with van der Waals surface area (Å²) in [5.74, 6) is 0.465. The molecule has 0 saturated carbocycles. The zero-order valence-corrected chi connectivity index (χ0v) is 21.6. The van der Waals surface area contributed by atoms with Crippen LogP contribution in [-0.2, 0) is 35.3 Å². The smallest absolute Gasteiger partial charge is 0.341 e. The molecule has 0 atom stereocenters. The van der Waals surface area contributed by atoms with E-state index in [-0.39, 0.29) is 17.6 Å². The lowest BCUT2D eigenvalue weighted by Crippen LogP contribution is -2.17. The molecule has 0 aliphatic heterocycles. The van der Waals surface area contributed by atoms with Crippen LogP contribution in [0.1, 0.15) is 58.8 Å². The Bertz CT molecular complexity index is 1150. The van der Waals surface area contributed by atoms with E-state index in [9.17, 15) is 9.59 Å². The molecule has 1 N–H and O–H groups in total. The molecule has 0 saturated heterocycles. The van der Waals surface area contributed by atoms with Gasteiger partial charge in [0.05, 0.1) is 18.4 Å². The molecule has 4 rings (SSSR count). The zero-order valence-electron chi connectivity index (χ0n) is 19.1. The first-order valence-corrected chi connectivity index (χ1v) is 13.9. The van der Waals surface area contributed by atoms with Crippen LogP contribution in [0.3, 0.4) is 0 Å². The molecule has 0 fully saturated rings. The number of aryl methyl sites for hydroxylation is 2. The fourth-order valence-corrected chi connectivity index (χ4v) is 7.10. The summed E-state index contributed by atoms with van der Waals surface area (Å²) in [7, 11) is 1.38. The van der Waals surface area contributed by atoms with E-state index in [0.29, 0.717) is 15.7 Å². The third-order valence-corrected chi connectivity index (χ3v) is 8.76.